The number of carbonyl (C=O) groups is 2. The Morgan fingerprint density at radius 3 is 2.82 bits per heavy atom. The molecule has 0 aliphatic carbocycles. The zero-order valence-corrected chi connectivity index (χ0v) is 18.8. The van der Waals surface area contributed by atoms with Crippen molar-refractivity contribution in [2.45, 2.75) is 39.3 Å². The van der Waals surface area contributed by atoms with Gasteiger partial charge in [0.25, 0.3) is 5.91 Å². The van der Waals surface area contributed by atoms with Crippen LogP contribution in [-0.4, -0.2) is 55.0 Å². The van der Waals surface area contributed by atoms with E-state index in [0.717, 1.165) is 31.0 Å². The number of rotatable bonds is 8. The summed E-state index contributed by atoms with van der Waals surface area (Å²) >= 11 is 0. The van der Waals surface area contributed by atoms with Crippen molar-refractivity contribution in [3.8, 4) is 5.75 Å². The molecule has 0 saturated carbocycles. The maximum absolute atomic E-state index is 11.8. The van der Waals surface area contributed by atoms with Crippen LogP contribution in [0.2, 0.25) is 0 Å². The van der Waals surface area contributed by atoms with E-state index in [1.807, 2.05) is 36.9 Å². The number of hydrogen-bond acceptors (Lipinski definition) is 4. The molecule has 156 valence electrons. The number of primary amides is 1. The van der Waals surface area contributed by atoms with Crippen LogP contribution in [-0.2, 0) is 16.1 Å². The Hall–Kier alpha value is -2.04. The molecule has 1 aliphatic heterocycles. The van der Waals surface area contributed by atoms with Gasteiger partial charge in [-0.05, 0) is 31.0 Å². The first kappa shape index (κ1) is 24.0. The van der Waals surface area contributed by atoms with Gasteiger partial charge >= 0.3 is 0 Å². The predicted octanol–water partition coefficient (Wildman–Crippen LogP) is 1.23. The topological polar surface area (TPSA) is 109 Å². The molecule has 1 aliphatic rings. The summed E-state index contributed by atoms with van der Waals surface area (Å²) in [6.07, 6.45) is 1.45. The third kappa shape index (κ3) is 7.91. The molecule has 0 aromatic heterocycles. The second-order valence-corrected chi connectivity index (χ2v) is 6.42. The normalized spacial score (nSPS) is 16.3. The minimum Gasteiger partial charge on any atom is -0.484 e. The molecule has 0 bridgehead atoms. The minimum absolute atomic E-state index is 0. The predicted molar refractivity (Wildman–Crippen MR) is 120 cm³/mol. The van der Waals surface area contributed by atoms with Crippen LogP contribution in [0.5, 0.6) is 5.75 Å². The molecule has 1 aromatic rings. The lowest BCUT2D eigenvalue weighted by Gasteiger charge is -2.18. The molecule has 1 saturated heterocycles. The van der Waals surface area contributed by atoms with E-state index in [4.69, 9.17) is 10.5 Å². The van der Waals surface area contributed by atoms with Crippen LogP contribution in [0.4, 0.5) is 0 Å². The molecule has 0 radical (unpaired) electrons. The van der Waals surface area contributed by atoms with E-state index in [0.29, 0.717) is 25.3 Å². The molecular formula is C19H30IN5O3. The number of halogens is 1. The second kappa shape index (κ2) is 12.4. The van der Waals surface area contributed by atoms with Gasteiger partial charge in [-0.2, -0.15) is 0 Å². The van der Waals surface area contributed by atoms with Crippen molar-refractivity contribution < 1.29 is 14.3 Å². The third-order valence-corrected chi connectivity index (χ3v) is 4.23. The lowest BCUT2D eigenvalue weighted by molar-refractivity contribution is -0.129. The summed E-state index contributed by atoms with van der Waals surface area (Å²) in [7, 11) is 0. The molecule has 9 heteroatoms. The van der Waals surface area contributed by atoms with Gasteiger partial charge in [0.15, 0.2) is 12.6 Å². The van der Waals surface area contributed by atoms with Gasteiger partial charge in [-0.1, -0.05) is 19.1 Å². The molecule has 1 unspecified atom stereocenters. The fourth-order valence-electron chi connectivity index (χ4n) is 2.90. The van der Waals surface area contributed by atoms with Gasteiger partial charge in [0.05, 0.1) is 6.54 Å². The second-order valence-electron chi connectivity index (χ2n) is 6.42. The molecule has 4 N–H and O–H groups in total. The molecule has 1 heterocycles. The number of amides is 2. The first-order chi connectivity index (χ1) is 13.0. The van der Waals surface area contributed by atoms with Crippen molar-refractivity contribution in [3.63, 3.8) is 0 Å². The Morgan fingerprint density at radius 1 is 1.36 bits per heavy atom. The van der Waals surface area contributed by atoms with Crippen LogP contribution in [0.15, 0.2) is 29.3 Å². The molecule has 8 nitrogen and oxygen atoms in total. The smallest absolute Gasteiger partial charge is 0.255 e. The average Bonchev–Trinajstić information content (AvgIpc) is 3.13. The zero-order chi connectivity index (χ0) is 19.6. The number of benzene rings is 1. The Balaban J connectivity index is 0.00000392. The van der Waals surface area contributed by atoms with Gasteiger partial charge in [-0.15, -0.1) is 24.0 Å². The van der Waals surface area contributed by atoms with Crippen molar-refractivity contribution in [1.82, 2.24) is 15.5 Å². The number of likely N-dealkylation sites (tertiary alicyclic amines) is 1. The van der Waals surface area contributed by atoms with Crippen molar-refractivity contribution in [2.75, 3.05) is 26.2 Å². The fourth-order valence-corrected chi connectivity index (χ4v) is 2.90. The van der Waals surface area contributed by atoms with Gasteiger partial charge in [0.1, 0.15) is 5.75 Å². The zero-order valence-electron chi connectivity index (χ0n) is 16.4. The van der Waals surface area contributed by atoms with Crippen LogP contribution in [0, 0.1) is 0 Å². The highest BCUT2D eigenvalue weighted by Crippen LogP contribution is 2.14. The van der Waals surface area contributed by atoms with Crippen molar-refractivity contribution in [2.24, 2.45) is 10.7 Å². The summed E-state index contributed by atoms with van der Waals surface area (Å²) in [5.74, 6) is 0.985. The van der Waals surface area contributed by atoms with Crippen LogP contribution < -0.4 is 21.1 Å². The average molecular weight is 503 g/mol. The molecule has 2 amide bonds. The highest BCUT2D eigenvalue weighted by atomic mass is 127. The number of ether oxygens (including phenoxy) is 1. The molecule has 1 fully saturated rings. The Morgan fingerprint density at radius 2 is 2.14 bits per heavy atom. The summed E-state index contributed by atoms with van der Waals surface area (Å²) < 4.78 is 5.32. The largest absolute Gasteiger partial charge is 0.484 e. The van der Waals surface area contributed by atoms with Crippen LogP contribution in [0.1, 0.15) is 32.3 Å². The minimum atomic E-state index is -0.510. The van der Waals surface area contributed by atoms with E-state index in [2.05, 4.69) is 15.6 Å². The molecule has 0 spiro atoms. The SMILES string of the molecule is CCNC(=NCc1cccc(OCC(N)=O)c1)NC1CCN(C(=O)CC)C1.I. The first-order valence-electron chi connectivity index (χ1n) is 9.34. The summed E-state index contributed by atoms with van der Waals surface area (Å²) in [5.41, 5.74) is 6.06. The quantitative estimate of drug-likeness (QED) is 0.281. The number of guanidine groups is 1. The van der Waals surface area contributed by atoms with Gasteiger partial charge in [-0.3, -0.25) is 9.59 Å². The van der Waals surface area contributed by atoms with Gasteiger partial charge in [-0.25, -0.2) is 4.99 Å². The van der Waals surface area contributed by atoms with Crippen LogP contribution in [0.25, 0.3) is 0 Å². The highest BCUT2D eigenvalue weighted by molar-refractivity contribution is 14.0. The Bertz CT molecular complexity index is 683. The van der Waals surface area contributed by atoms with Gasteiger partial charge in [0.2, 0.25) is 5.91 Å². The first-order valence-corrected chi connectivity index (χ1v) is 9.34. The fraction of sp³-hybridized carbons (Fsp3) is 0.526. The number of nitrogens with two attached hydrogens (primary N) is 1. The lowest BCUT2D eigenvalue weighted by atomic mass is 10.2. The molecule has 28 heavy (non-hydrogen) atoms. The van der Waals surface area contributed by atoms with E-state index in [1.54, 1.807) is 6.07 Å². The summed E-state index contributed by atoms with van der Waals surface area (Å²) in [5, 5.41) is 6.64. The number of nitrogens with zero attached hydrogens (tertiary/aromatic N) is 2. The Kier molecular flexibility index (Phi) is 10.6. The number of aliphatic imine (C=N–C) groups is 1. The summed E-state index contributed by atoms with van der Waals surface area (Å²) in [4.78, 5) is 29.2. The molecule has 1 aromatic carbocycles. The maximum Gasteiger partial charge on any atom is 0.255 e. The standard InChI is InChI=1S/C19H29N5O3.HI/c1-3-18(26)24-9-8-15(12-24)23-19(21-4-2)22-11-14-6-5-7-16(10-14)27-13-17(20)25;/h5-7,10,15H,3-4,8-9,11-13H2,1-2H3,(H2,20,25)(H2,21,22,23);1H. The van der Waals surface area contributed by atoms with Crippen molar-refractivity contribution in [1.29, 1.82) is 0 Å². The van der Waals surface area contributed by atoms with E-state index in [9.17, 15) is 9.59 Å². The Labute approximate surface area is 183 Å². The number of nitrogens with one attached hydrogen (secondary N) is 2. The van der Waals surface area contributed by atoms with Crippen LogP contribution >= 0.6 is 24.0 Å². The molecule has 2 rings (SSSR count). The molecular weight excluding hydrogens is 473 g/mol. The van der Waals surface area contributed by atoms with Gasteiger partial charge < -0.3 is 26.0 Å². The monoisotopic (exact) mass is 503 g/mol. The van der Waals surface area contributed by atoms with E-state index >= 15 is 0 Å². The summed E-state index contributed by atoms with van der Waals surface area (Å²) in [6, 6.07) is 7.61. The van der Waals surface area contributed by atoms with Gasteiger partial charge in [0, 0.05) is 32.1 Å². The lowest BCUT2D eigenvalue weighted by Crippen LogP contribution is -2.45. The number of hydrogen-bond donors (Lipinski definition) is 3. The third-order valence-electron chi connectivity index (χ3n) is 4.23. The maximum atomic E-state index is 11.8. The highest BCUT2D eigenvalue weighted by Gasteiger charge is 2.25. The van der Waals surface area contributed by atoms with Crippen LogP contribution in [0.3, 0.4) is 0 Å². The van der Waals surface area contributed by atoms with Crippen molar-refractivity contribution in [3.05, 3.63) is 29.8 Å². The molecule has 1 atom stereocenters. The van der Waals surface area contributed by atoms with E-state index in [1.165, 1.54) is 0 Å². The van der Waals surface area contributed by atoms with Crippen molar-refractivity contribution >= 4 is 41.8 Å². The van der Waals surface area contributed by atoms with E-state index in [-0.39, 0.29) is 42.5 Å². The van der Waals surface area contributed by atoms with E-state index < -0.39 is 5.91 Å². The number of carbonyl (C=O) groups excluding carboxylic acids is 2. The summed E-state index contributed by atoms with van der Waals surface area (Å²) in [6.45, 7) is 6.44.